The molecule has 0 aliphatic heterocycles. The van der Waals surface area contributed by atoms with Crippen molar-refractivity contribution in [2.24, 2.45) is 5.73 Å². The van der Waals surface area contributed by atoms with Gasteiger partial charge in [-0.2, -0.15) is 0 Å². The lowest BCUT2D eigenvalue weighted by Gasteiger charge is -2.14. The lowest BCUT2D eigenvalue weighted by Crippen LogP contribution is -2.19. The van der Waals surface area contributed by atoms with Crippen LogP contribution in [0.5, 0.6) is 5.75 Å². The molecule has 0 aliphatic carbocycles. The molecule has 1 atom stereocenters. The first-order chi connectivity index (χ1) is 8.63. The molecule has 3 N–H and O–H groups in total. The third-order valence-corrected chi connectivity index (χ3v) is 2.68. The van der Waals surface area contributed by atoms with Crippen LogP contribution in [-0.2, 0) is 4.79 Å². The van der Waals surface area contributed by atoms with E-state index in [1.807, 2.05) is 18.2 Å². The van der Waals surface area contributed by atoms with E-state index in [1.165, 1.54) is 5.56 Å². The summed E-state index contributed by atoms with van der Waals surface area (Å²) in [6.45, 7) is 5.59. The Morgan fingerprint density at radius 2 is 2.28 bits per heavy atom. The van der Waals surface area contributed by atoms with Crippen molar-refractivity contribution in [1.29, 1.82) is 0 Å². The molecular weight excluding hydrogens is 228 g/mol. The quantitative estimate of drug-likeness (QED) is 0.741. The Bertz CT molecular complexity index is 380. The van der Waals surface area contributed by atoms with Gasteiger partial charge in [0.25, 0.3) is 0 Å². The van der Waals surface area contributed by atoms with Crippen molar-refractivity contribution >= 4 is 5.91 Å². The number of nitrogens with two attached hydrogens (primary N) is 1. The topological polar surface area (TPSA) is 64.3 Å². The lowest BCUT2D eigenvalue weighted by atomic mass is 10.1. The Kier molecular flexibility index (Phi) is 6.22. The van der Waals surface area contributed by atoms with Gasteiger partial charge in [0.1, 0.15) is 5.75 Å². The molecule has 1 unspecified atom stereocenters. The summed E-state index contributed by atoms with van der Waals surface area (Å²) < 4.78 is 5.48. The van der Waals surface area contributed by atoms with Crippen LogP contribution in [0.4, 0.5) is 0 Å². The Morgan fingerprint density at radius 1 is 1.50 bits per heavy atom. The van der Waals surface area contributed by atoms with E-state index in [9.17, 15) is 4.79 Å². The number of carbonyl (C=O) groups is 1. The minimum absolute atomic E-state index is 0.244. The van der Waals surface area contributed by atoms with Crippen molar-refractivity contribution in [3.63, 3.8) is 0 Å². The smallest absolute Gasteiger partial charge is 0.220 e. The molecule has 0 fully saturated rings. The molecule has 0 radical (unpaired) electrons. The number of hydrogen-bond donors (Lipinski definition) is 2. The maximum Gasteiger partial charge on any atom is 0.220 e. The number of hydrogen-bond acceptors (Lipinski definition) is 3. The van der Waals surface area contributed by atoms with Crippen LogP contribution >= 0.6 is 0 Å². The third-order valence-electron chi connectivity index (χ3n) is 2.68. The summed E-state index contributed by atoms with van der Waals surface area (Å²) in [6.07, 6.45) is 1.35. The van der Waals surface area contributed by atoms with Gasteiger partial charge in [-0.1, -0.05) is 19.1 Å². The van der Waals surface area contributed by atoms with Crippen molar-refractivity contribution in [2.45, 2.75) is 32.7 Å². The third kappa shape index (κ3) is 5.19. The van der Waals surface area contributed by atoms with E-state index in [2.05, 4.69) is 25.2 Å². The highest BCUT2D eigenvalue weighted by Crippen LogP contribution is 2.19. The SMILES string of the molecule is CCCNC(C)c1cccc(OCCC(N)=O)c1. The first-order valence-corrected chi connectivity index (χ1v) is 6.38. The molecule has 100 valence electrons. The Balaban J connectivity index is 2.53. The van der Waals surface area contributed by atoms with Crippen molar-refractivity contribution in [3.8, 4) is 5.75 Å². The molecule has 0 aromatic heterocycles. The molecular formula is C14H22N2O2. The van der Waals surface area contributed by atoms with Gasteiger partial charge in [0.05, 0.1) is 13.0 Å². The predicted octanol–water partition coefficient (Wildman–Crippen LogP) is 2.00. The van der Waals surface area contributed by atoms with Gasteiger partial charge in [-0.3, -0.25) is 4.79 Å². The van der Waals surface area contributed by atoms with Gasteiger partial charge in [0.15, 0.2) is 0 Å². The van der Waals surface area contributed by atoms with E-state index >= 15 is 0 Å². The number of carbonyl (C=O) groups excluding carboxylic acids is 1. The number of benzene rings is 1. The first-order valence-electron chi connectivity index (χ1n) is 6.38. The maximum atomic E-state index is 10.6. The molecule has 1 rings (SSSR count). The fourth-order valence-electron chi connectivity index (χ4n) is 1.62. The van der Waals surface area contributed by atoms with Crippen molar-refractivity contribution in [2.75, 3.05) is 13.2 Å². The molecule has 4 heteroatoms. The van der Waals surface area contributed by atoms with E-state index in [1.54, 1.807) is 0 Å². The van der Waals surface area contributed by atoms with Crippen LogP contribution in [0, 0.1) is 0 Å². The molecule has 1 aromatic rings. The largest absolute Gasteiger partial charge is 0.493 e. The van der Waals surface area contributed by atoms with E-state index < -0.39 is 0 Å². The summed E-state index contributed by atoms with van der Waals surface area (Å²) in [5.41, 5.74) is 6.24. The molecule has 4 nitrogen and oxygen atoms in total. The highest BCUT2D eigenvalue weighted by molar-refractivity contribution is 5.73. The number of rotatable bonds is 8. The predicted molar refractivity (Wildman–Crippen MR) is 72.5 cm³/mol. The average Bonchev–Trinajstić information content (AvgIpc) is 2.36. The van der Waals surface area contributed by atoms with Gasteiger partial charge in [-0.05, 0) is 37.6 Å². The van der Waals surface area contributed by atoms with E-state index in [-0.39, 0.29) is 12.3 Å². The van der Waals surface area contributed by atoms with Crippen LogP contribution in [-0.4, -0.2) is 19.1 Å². The highest BCUT2D eigenvalue weighted by Gasteiger charge is 2.05. The normalized spacial score (nSPS) is 12.1. The van der Waals surface area contributed by atoms with E-state index in [0.29, 0.717) is 12.6 Å². The lowest BCUT2D eigenvalue weighted by molar-refractivity contribution is -0.118. The second-order valence-corrected chi connectivity index (χ2v) is 4.31. The van der Waals surface area contributed by atoms with Gasteiger partial charge in [0.2, 0.25) is 5.91 Å². The summed E-state index contributed by atoms with van der Waals surface area (Å²) in [6, 6.07) is 8.20. The summed E-state index contributed by atoms with van der Waals surface area (Å²) in [5.74, 6) is 0.433. The number of primary amides is 1. The standard InChI is InChI=1S/C14H22N2O2/c1-3-8-16-11(2)12-5-4-6-13(10-12)18-9-7-14(15)17/h4-6,10-11,16H,3,7-9H2,1-2H3,(H2,15,17). The summed E-state index contributed by atoms with van der Waals surface area (Å²) in [4.78, 5) is 10.6. The average molecular weight is 250 g/mol. The van der Waals surface area contributed by atoms with Gasteiger partial charge in [0, 0.05) is 6.04 Å². The Labute approximate surface area is 109 Å². The summed E-state index contributed by atoms with van der Waals surface area (Å²) in [7, 11) is 0. The van der Waals surface area contributed by atoms with E-state index in [0.717, 1.165) is 18.7 Å². The van der Waals surface area contributed by atoms with Gasteiger partial charge >= 0.3 is 0 Å². The molecule has 0 saturated heterocycles. The molecule has 0 heterocycles. The number of nitrogens with one attached hydrogen (secondary N) is 1. The molecule has 0 spiro atoms. The van der Waals surface area contributed by atoms with Crippen LogP contribution in [0.3, 0.4) is 0 Å². The van der Waals surface area contributed by atoms with Crippen molar-refractivity contribution in [3.05, 3.63) is 29.8 Å². The maximum absolute atomic E-state index is 10.6. The van der Waals surface area contributed by atoms with Crippen LogP contribution in [0.25, 0.3) is 0 Å². The molecule has 1 aromatic carbocycles. The number of amides is 1. The molecule has 0 saturated carbocycles. The first kappa shape index (κ1) is 14.5. The second-order valence-electron chi connectivity index (χ2n) is 4.31. The fourth-order valence-corrected chi connectivity index (χ4v) is 1.62. The number of ether oxygens (including phenoxy) is 1. The van der Waals surface area contributed by atoms with Crippen LogP contribution in [0.15, 0.2) is 24.3 Å². The highest BCUT2D eigenvalue weighted by atomic mass is 16.5. The van der Waals surface area contributed by atoms with Crippen LogP contribution < -0.4 is 15.8 Å². The van der Waals surface area contributed by atoms with Crippen LogP contribution in [0.2, 0.25) is 0 Å². The van der Waals surface area contributed by atoms with Crippen molar-refractivity contribution in [1.82, 2.24) is 5.32 Å². The zero-order chi connectivity index (χ0) is 13.4. The molecule has 1 amide bonds. The molecule has 0 aliphatic rings. The van der Waals surface area contributed by atoms with Crippen molar-refractivity contribution < 1.29 is 9.53 Å². The zero-order valence-electron chi connectivity index (χ0n) is 11.1. The molecule has 18 heavy (non-hydrogen) atoms. The fraction of sp³-hybridized carbons (Fsp3) is 0.500. The minimum Gasteiger partial charge on any atom is -0.493 e. The van der Waals surface area contributed by atoms with Gasteiger partial charge < -0.3 is 15.8 Å². The Morgan fingerprint density at radius 3 is 2.94 bits per heavy atom. The second kappa shape index (κ2) is 7.71. The Hall–Kier alpha value is -1.55. The van der Waals surface area contributed by atoms with Gasteiger partial charge in [-0.15, -0.1) is 0 Å². The monoisotopic (exact) mass is 250 g/mol. The summed E-state index contributed by atoms with van der Waals surface area (Å²) in [5, 5.41) is 3.42. The van der Waals surface area contributed by atoms with Gasteiger partial charge in [-0.25, -0.2) is 0 Å². The van der Waals surface area contributed by atoms with E-state index in [4.69, 9.17) is 10.5 Å². The van der Waals surface area contributed by atoms with Crippen LogP contribution in [0.1, 0.15) is 38.3 Å². The minimum atomic E-state index is -0.343. The zero-order valence-corrected chi connectivity index (χ0v) is 11.1. The molecule has 0 bridgehead atoms. The summed E-state index contributed by atoms with van der Waals surface area (Å²) >= 11 is 0.